The van der Waals surface area contributed by atoms with Gasteiger partial charge in [-0.05, 0) is 42.7 Å². The summed E-state index contributed by atoms with van der Waals surface area (Å²) in [6.45, 7) is 4.20. The monoisotopic (exact) mass is 447 g/mol. The maximum absolute atomic E-state index is 12.9. The Morgan fingerprint density at radius 2 is 1.85 bits per heavy atom. The highest BCUT2D eigenvalue weighted by Crippen LogP contribution is 2.21. The van der Waals surface area contributed by atoms with Crippen molar-refractivity contribution in [3.63, 3.8) is 0 Å². The highest BCUT2D eigenvalue weighted by Gasteiger charge is 2.34. The second kappa shape index (κ2) is 9.19. The molecular formula is C24H29N7O2. The Kier molecular flexibility index (Phi) is 5.95. The molecule has 2 aromatic heterocycles. The number of hydrogen-bond donors (Lipinski definition) is 0. The number of hydrogen-bond acceptors (Lipinski definition) is 5. The van der Waals surface area contributed by atoms with Crippen molar-refractivity contribution in [1.82, 2.24) is 34.0 Å². The second-order valence-corrected chi connectivity index (χ2v) is 8.83. The van der Waals surface area contributed by atoms with E-state index >= 15 is 0 Å². The highest BCUT2D eigenvalue weighted by molar-refractivity contribution is 5.96. The van der Waals surface area contributed by atoms with Crippen molar-refractivity contribution in [3.05, 3.63) is 66.5 Å². The van der Waals surface area contributed by atoms with Crippen LogP contribution < -0.4 is 0 Å². The van der Waals surface area contributed by atoms with Crippen LogP contribution in [-0.2, 0) is 18.4 Å². The van der Waals surface area contributed by atoms with Crippen LogP contribution in [-0.4, -0.2) is 84.6 Å². The van der Waals surface area contributed by atoms with Gasteiger partial charge in [0.2, 0.25) is 5.91 Å². The molecule has 2 aliphatic rings. The minimum atomic E-state index is -0.0693. The van der Waals surface area contributed by atoms with Crippen molar-refractivity contribution in [2.45, 2.75) is 25.4 Å². The lowest BCUT2D eigenvalue weighted by atomic mass is 10.0. The summed E-state index contributed by atoms with van der Waals surface area (Å²) >= 11 is 0. The molecule has 2 amide bonds. The van der Waals surface area contributed by atoms with Gasteiger partial charge in [-0.3, -0.25) is 14.5 Å². The van der Waals surface area contributed by atoms with Crippen LogP contribution in [0.2, 0.25) is 0 Å². The quantitative estimate of drug-likeness (QED) is 0.593. The molecule has 33 heavy (non-hydrogen) atoms. The van der Waals surface area contributed by atoms with Crippen LogP contribution in [0.1, 0.15) is 28.9 Å². The Balaban J connectivity index is 1.11. The molecule has 3 aromatic rings. The summed E-state index contributed by atoms with van der Waals surface area (Å²) in [5.74, 6) is -0.00823. The number of piperazine rings is 1. The third-order valence-electron chi connectivity index (χ3n) is 6.73. The van der Waals surface area contributed by atoms with Gasteiger partial charge in [0, 0.05) is 52.0 Å². The van der Waals surface area contributed by atoms with Crippen molar-refractivity contribution in [2.24, 2.45) is 7.05 Å². The first-order valence-electron chi connectivity index (χ1n) is 11.4. The van der Waals surface area contributed by atoms with Gasteiger partial charge in [0.05, 0.1) is 5.69 Å². The van der Waals surface area contributed by atoms with Crippen molar-refractivity contribution < 1.29 is 9.59 Å². The molecule has 0 atom stereocenters. The zero-order valence-corrected chi connectivity index (χ0v) is 18.9. The van der Waals surface area contributed by atoms with E-state index in [0.717, 1.165) is 38.2 Å². The van der Waals surface area contributed by atoms with Crippen LogP contribution in [0.25, 0.3) is 5.69 Å². The molecule has 0 bridgehead atoms. The van der Waals surface area contributed by atoms with Gasteiger partial charge >= 0.3 is 0 Å². The highest BCUT2D eigenvalue weighted by atomic mass is 16.2. The van der Waals surface area contributed by atoms with Crippen molar-refractivity contribution in [3.8, 4) is 5.69 Å². The maximum atomic E-state index is 12.9. The van der Waals surface area contributed by atoms with Gasteiger partial charge in [0.1, 0.15) is 24.9 Å². The van der Waals surface area contributed by atoms with Crippen LogP contribution in [0, 0.1) is 0 Å². The molecular weight excluding hydrogens is 418 g/mol. The van der Waals surface area contributed by atoms with E-state index in [1.807, 2.05) is 24.2 Å². The summed E-state index contributed by atoms with van der Waals surface area (Å²) in [5.41, 5.74) is 2.89. The van der Waals surface area contributed by atoms with Crippen LogP contribution in [0.5, 0.6) is 0 Å². The van der Waals surface area contributed by atoms with E-state index in [4.69, 9.17) is 0 Å². The number of benzene rings is 1. The Labute approximate surface area is 193 Å². The lowest BCUT2D eigenvalue weighted by Crippen LogP contribution is -2.57. The fourth-order valence-corrected chi connectivity index (χ4v) is 4.83. The van der Waals surface area contributed by atoms with E-state index in [9.17, 15) is 9.59 Å². The lowest BCUT2D eigenvalue weighted by molar-refractivity contribution is -0.138. The van der Waals surface area contributed by atoms with Gasteiger partial charge in [-0.25, -0.2) is 9.67 Å². The van der Waals surface area contributed by atoms with E-state index in [1.54, 1.807) is 26.5 Å². The zero-order chi connectivity index (χ0) is 22.8. The Morgan fingerprint density at radius 3 is 2.48 bits per heavy atom. The van der Waals surface area contributed by atoms with E-state index in [-0.39, 0.29) is 24.4 Å². The van der Waals surface area contributed by atoms with Crippen LogP contribution >= 0.6 is 0 Å². The Hall–Kier alpha value is -3.46. The van der Waals surface area contributed by atoms with Gasteiger partial charge in [-0.15, -0.1) is 0 Å². The number of carbonyl (C=O) groups is 2. The van der Waals surface area contributed by atoms with Crippen molar-refractivity contribution >= 4 is 11.8 Å². The predicted octanol–water partition coefficient (Wildman–Crippen LogP) is 1.55. The van der Waals surface area contributed by atoms with E-state index in [2.05, 4.69) is 39.2 Å². The zero-order valence-electron chi connectivity index (χ0n) is 18.9. The summed E-state index contributed by atoms with van der Waals surface area (Å²) in [6.07, 6.45) is 7.01. The maximum Gasteiger partial charge on any atom is 0.270 e. The third kappa shape index (κ3) is 4.54. The summed E-state index contributed by atoms with van der Waals surface area (Å²) in [4.78, 5) is 35.7. The SMILES string of the molecule is Cn1cccc1C(=O)N1CCN(C2CCN(Cc3ccc(-n4cncn4)cc3)CC2)C(=O)C1. The standard InChI is InChI=1S/C24H29N7O2/c1-27-10-2-3-22(27)24(33)29-13-14-30(23(32)16-29)20-8-11-28(12-9-20)15-19-4-6-21(7-5-19)31-18-25-17-26-31/h2-7,10,17-18,20H,8-9,11-16H2,1H3. The van der Waals surface area contributed by atoms with Gasteiger partial charge in [0.15, 0.2) is 0 Å². The Morgan fingerprint density at radius 1 is 1.06 bits per heavy atom. The largest absolute Gasteiger partial charge is 0.347 e. The minimum absolute atomic E-state index is 0.0611. The van der Waals surface area contributed by atoms with Crippen molar-refractivity contribution in [2.75, 3.05) is 32.7 Å². The average Bonchev–Trinajstić information content (AvgIpc) is 3.52. The smallest absolute Gasteiger partial charge is 0.270 e. The number of piperidine rings is 1. The van der Waals surface area contributed by atoms with Gasteiger partial charge < -0.3 is 14.4 Å². The number of amides is 2. The molecule has 1 aromatic carbocycles. The van der Waals surface area contributed by atoms with E-state index < -0.39 is 0 Å². The fourth-order valence-electron chi connectivity index (χ4n) is 4.83. The first-order valence-corrected chi connectivity index (χ1v) is 11.4. The summed E-state index contributed by atoms with van der Waals surface area (Å²) in [5, 5.41) is 4.16. The predicted molar refractivity (Wildman–Crippen MR) is 123 cm³/mol. The number of rotatable bonds is 5. The molecule has 4 heterocycles. The molecule has 2 fully saturated rings. The molecule has 0 radical (unpaired) electrons. The molecule has 0 spiro atoms. The number of aryl methyl sites for hydroxylation is 1. The van der Waals surface area contributed by atoms with Gasteiger partial charge in [0.25, 0.3) is 5.91 Å². The Bertz CT molecular complexity index is 1100. The van der Waals surface area contributed by atoms with Crippen LogP contribution in [0.15, 0.2) is 55.2 Å². The topological polar surface area (TPSA) is 79.5 Å². The molecule has 172 valence electrons. The number of carbonyl (C=O) groups excluding carboxylic acids is 2. The van der Waals surface area contributed by atoms with Crippen LogP contribution in [0.3, 0.4) is 0 Å². The number of aromatic nitrogens is 4. The summed E-state index contributed by atoms with van der Waals surface area (Å²) in [7, 11) is 1.85. The normalized spacial score (nSPS) is 18.2. The number of likely N-dealkylation sites (tertiary alicyclic amines) is 1. The molecule has 0 aliphatic carbocycles. The molecule has 2 aliphatic heterocycles. The summed E-state index contributed by atoms with van der Waals surface area (Å²) in [6, 6.07) is 12.3. The van der Waals surface area contributed by atoms with E-state index in [0.29, 0.717) is 18.8 Å². The second-order valence-electron chi connectivity index (χ2n) is 8.83. The molecule has 9 nitrogen and oxygen atoms in total. The van der Waals surface area contributed by atoms with Gasteiger partial charge in [-0.1, -0.05) is 12.1 Å². The first kappa shape index (κ1) is 21.4. The van der Waals surface area contributed by atoms with Crippen LogP contribution in [0.4, 0.5) is 0 Å². The molecule has 5 rings (SSSR count). The number of nitrogens with zero attached hydrogens (tertiary/aromatic N) is 7. The molecule has 9 heteroatoms. The average molecular weight is 448 g/mol. The molecule has 2 saturated heterocycles. The fraction of sp³-hybridized carbons (Fsp3) is 0.417. The van der Waals surface area contributed by atoms with E-state index in [1.165, 1.54) is 11.9 Å². The van der Waals surface area contributed by atoms with Gasteiger partial charge in [-0.2, -0.15) is 5.10 Å². The lowest BCUT2D eigenvalue weighted by Gasteiger charge is -2.42. The minimum Gasteiger partial charge on any atom is -0.347 e. The van der Waals surface area contributed by atoms with Crippen molar-refractivity contribution in [1.29, 1.82) is 0 Å². The molecule has 0 N–H and O–H groups in total. The first-order chi connectivity index (χ1) is 16.1. The molecule has 0 unspecified atom stereocenters. The third-order valence-corrected chi connectivity index (χ3v) is 6.73. The molecule has 0 saturated carbocycles. The summed E-state index contributed by atoms with van der Waals surface area (Å²) < 4.78 is 3.55.